The minimum atomic E-state index is -0.506. The summed E-state index contributed by atoms with van der Waals surface area (Å²) >= 11 is 0. The van der Waals surface area contributed by atoms with Gasteiger partial charge in [0.25, 0.3) is 0 Å². The third-order valence-electron chi connectivity index (χ3n) is 3.54. The molecule has 3 N–H and O–H groups in total. The third kappa shape index (κ3) is 8.28. The number of aromatic nitrogens is 1. The van der Waals surface area contributed by atoms with E-state index in [4.69, 9.17) is 4.74 Å². The van der Waals surface area contributed by atoms with Crippen LogP contribution in [0, 0.1) is 0 Å². The number of hydrogen-bond acceptors (Lipinski definition) is 5. The van der Waals surface area contributed by atoms with E-state index in [1.165, 1.54) is 0 Å². The van der Waals surface area contributed by atoms with Crippen molar-refractivity contribution in [2.75, 3.05) is 31.5 Å². The van der Waals surface area contributed by atoms with Gasteiger partial charge in [0.2, 0.25) is 5.91 Å². The van der Waals surface area contributed by atoms with E-state index < -0.39 is 5.60 Å². The molecule has 1 aliphatic heterocycles. The van der Waals surface area contributed by atoms with Crippen molar-refractivity contribution in [1.82, 2.24) is 20.5 Å². The molecule has 1 aliphatic rings. The van der Waals surface area contributed by atoms with Crippen molar-refractivity contribution in [2.24, 2.45) is 4.99 Å². The topological polar surface area (TPSA) is 108 Å². The van der Waals surface area contributed by atoms with Crippen molar-refractivity contribution in [3.05, 3.63) is 24.5 Å². The number of aliphatic imine (C=N–C) groups is 1. The number of nitrogens with zero attached hydrogens (tertiary/aromatic N) is 3. The quantitative estimate of drug-likeness (QED) is 0.321. The van der Waals surface area contributed by atoms with Gasteiger partial charge in [-0.3, -0.25) is 9.78 Å². The highest BCUT2D eigenvalue weighted by Crippen LogP contribution is 2.15. The molecular weight excluding hydrogens is 475 g/mol. The molecule has 28 heavy (non-hydrogen) atoms. The summed E-state index contributed by atoms with van der Waals surface area (Å²) in [6.07, 6.45) is 2.89. The van der Waals surface area contributed by atoms with Gasteiger partial charge in [-0.1, -0.05) is 0 Å². The molecule has 1 saturated heterocycles. The number of nitrogens with one attached hydrogen (secondary N) is 3. The lowest BCUT2D eigenvalue weighted by Crippen LogP contribution is -2.63. The Morgan fingerprint density at radius 3 is 2.64 bits per heavy atom. The maximum absolute atomic E-state index is 12.0. The van der Waals surface area contributed by atoms with Crippen LogP contribution in [0.4, 0.5) is 10.5 Å². The van der Waals surface area contributed by atoms with E-state index in [2.05, 4.69) is 25.9 Å². The summed E-state index contributed by atoms with van der Waals surface area (Å²) in [4.78, 5) is 33.8. The molecule has 0 atom stereocenters. The molecule has 156 valence electrons. The number of anilines is 1. The number of halogens is 1. The standard InChI is InChI=1S/C18H28N6O3.HI/c1-5-20-16(21-10-15(25)22-13-7-6-8-19-9-13)23-14-11-24(12-14)17(26)27-18(2,3)4;/h6-9,14H,5,10-12H2,1-4H3,(H,22,25)(H2,20,21,23);1H. The zero-order valence-electron chi connectivity index (χ0n) is 16.7. The maximum atomic E-state index is 12.0. The van der Waals surface area contributed by atoms with Gasteiger partial charge in [-0.05, 0) is 39.8 Å². The molecule has 0 spiro atoms. The second-order valence-electron chi connectivity index (χ2n) is 7.21. The first-order valence-corrected chi connectivity index (χ1v) is 8.99. The molecule has 0 bridgehead atoms. The molecule has 0 aromatic carbocycles. The van der Waals surface area contributed by atoms with E-state index in [9.17, 15) is 9.59 Å². The Morgan fingerprint density at radius 2 is 2.07 bits per heavy atom. The summed E-state index contributed by atoms with van der Waals surface area (Å²) in [6, 6.07) is 3.58. The molecule has 0 saturated carbocycles. The Labute approximate surface area is 182 Å². The molecule has 1 fully saturated rings. The first-order chi connectivity index (χ1) is 12.8. The number of guanidine groups is 1. The summed E-state index contributed by atoms with van der Waals surface area (Å²) in [5.74, 6) is 0.303. The minimum absolute atomic E-state index is 0. The molecule has 0 radical (unpaired) electrons. The molecule has 0 aliphatic carbocycles. The first kappa shape index (κ1) is 23.9. The van der Waals surface area contributed by atoms with Crippen molar-refractivity contribution < 1.29 is 14.3 Å². The van der Waals surface area contributed by atoms with Gasteiger partial charge in [-0.2, -0.15) is 0 Å². The van der Waals surface area contributed by atoms with Crippen LogP contribution in [-0.2, 0) is 9.53 Å². The number of carbonyl (C=O) groups excluding carboxylic acids is 2. The van der Waals surface area contributed by atoms with Crippen LogP contribution in [0.5, 0.6) is 0 Å². The van der Waals surface area contributed by atoms with E-state index >= 15 is 0 Å². The van der Waals surface area contributed by atoms with Crippen LogP contribution in [0.25, 0.3) is 0 Å². The number of hydrogen-bond donors (Lipinski definition) is 3. The number of carbonyl (C=O) groups is 2. The second kappa shape index (κ2) is 11.0. The smallest absolute Gasteiger partial charge is 0.410 e. The minimum Gasteiger partial charge on any atom is -0.444 e. The summed E-state index contributed by atoms with van der Waals surface area (Å²) < 4.78 is 5.33. The zero-order chi connectivity index (χ0) is 19.9. The molecule has 2 amide bonds. The van der Waals surface area contributed by atoms with E-state index in [1.54, 1.807) is 29.4 Å². The van der Waals surface area contributed by atoms with Gasteiger partial charge >= 0.3 is 6.09 Å². The summed E-state index contributed by atoms with van der Waals surface area (Å²) in [7, 11) is 0. The van der Waals surface area contributed by atoms with Crippen LogP contribution in [0.3, 0.4) is 0 Å². The molecule has 0 unspecified atom stereocenters. The van der Waals surface area contributed by atoms with Gasteiger partial charge in [-0.15, -0.1) is 24.0 Å². The second-order valence-corrected chi connectivity index (χ2v) is 7.21. The molecular formula is C18H29IN6O3. The molecule has 10 heteroatoms. The van der Waals surface area contributed by atoms with Crippen LogP contribution in [0.2, 0.25) is 0 Å². The van der Waals surface area contributed by atoms with E-state index in [1.807, 2.05) is 27.7 Å². The molecule has 1 aromatic rings. The number of amides is 2. The highest BCUT2D eigenvalue weighted by molar-refractivity contribution is 14.0. The predicted molar refractivity (Wildman–Crippen MR) is 119 cm³/mol. The highest BCUT2D eigenvalue weighted by Gasteiger charge is 2.34. The normalized spacial score (nSPS) is 14.4. The van der Waals surface area contributed by atoms with Crippen molar-refractivity contribution in [3.63, 3.8) is 0 Å². The lowest BCUT2D eigenvalue weighted by molar-refractivity contribution is -0.114. The maximum Gasteiger partial charge on any atom is 0.410 e. The van der Waals surface area contributed by atoms with Gasteiger partial charge in [0.15, 0.2) is 5.96 Å². The van der Waals surface area contributed by atoms with Crippen molar-refractivity contribution in [2.45, 2.75) is 39.3 Å². The van der Waals surface area contributed by atoms with Crippen LogP contribution in [-0.4, -0.2) is 65.7 Å². The fraction of sp³-hybridized carbons (Fsp3) is 0.556. The third-order valence-corrected chi connectivity index (χ3v) is 3.54. The van der Waals surface area contributed by atoms with E-state index in [0.29, 0.717) is 31.3 Å². The molecule has 2 heterocycles. The lowest BCUT2D eigenvalue weighted by atomic mass is 10.1. The Morgan fingerprint density at radius 1 is 1.36 bits per heavy atom. The fourth-order valence-electron chi connectivity index (χ4n) is 2.35. The summed E-state index contributed by atoms with van der Waals surface area (Å²) in [6.45, 7) is 9.17. The van der Waals surface area contributed by atoms with E-state index in [0.717, 1.165) is 0 Å². The molecule has 1 aromatic heterocycles. The van der Waals surface area contributed by atoms with Crippen molar-refractivity contribution in [3.8, 4) is 0 Å². The van der Waals surface area contributed by atoms with Crippen molar-refractivity contribution >= 4 is 47.6 Å². The summed E-state index contributed by atoms with van der Waals surface area (Å²) in [5.41, 5.74) is 0.121. The SMILES string of the molecule is CCNC(=NCC(=O)Nc1cccnc1)NC1CN(C(=O)OC(C)(C)C)C1.I. The zero-order valence-corrected chi connectivity index (χ0v) is 19.0. The Bertz CT molecular complexity index is 672. The number of likely N-dealkylation sites (tertiary alicyclic amines) is 1. The van der Waals surface area contributed by atoms with Gasteiger partial charge in [0.05, 0.1) is 17.9 Å². The monoisotopic (exact) mass is 504 g/mol. The number of rotatable bonds is 5. The Kier molecular flexibility index (Phi) is 9.42. The van der Waals surface area contributed by atoms with Crippen LogP contribution in [0.1, 0.15) is 27.7 Å². The Balaban J connectivity index is 0.00000392. The first-order valence-electron chi connectivity index (χ1n) is 8.99. The van der Waals surface area contributed by atoms with Crippen LogP contribution in [0.15, 0.2) is 29.5 Å². The average Bonchev–Trinajstić information content (AvgIpc) is 2.54. The van der Waals surface area contributed by atoms with E-state index in [-0.39, 0.29) is 48.6 Å². The summed E-state index contributed by atoms with van der Waals surface area (Å²) in [5, 5.41) is 9.04. The molecule has 2 rings (SSSR count). The Hall–Kier alpha value is -2.11. The average molecular weight is 504 g/mol. The fourth-order valence-corrected chi connectivity index (χ4v) is 2.35. The number of ether oxygens (including phenoxy) is 1. The largest absolute Gasteiger partial charge is 0.444 e. The van der Waals surface area contributed by atoms with Crippen LogP contribution >= 0.6 is 24.0 Å². The van der Waals surface area contributed by atoms with Crippen LogP contribution < -0.4 is 16.0 Å². The van der Waals surface area contributed by atoms with Gasteiger partial charge in [0, 0.05) is 25.8 Å². The number of pyridine rings is 1. The predicted octanol–water partition coefficient (Wildman–Crippen LogP) is 1.81. The highest BCUT2D eigenvalue weighted by atomic mass is 127. The van der Waals surface area contributed by atoms with Gasteiger partial charge in [0.1, 0.15) is 12.1 Å². The lowest BCUT2D eigenvalue weighted by Gasteiger charge is -2.40. The van der Waals surface area contributed by atoms with Gasteiger partial charge in [-0.25, -0.2) is 9.79 Å². The van der Waals surface area contributed by atoms with Gasteiger partial charge < -0.3 is 25.6 Å². The van der Waals surface area contributed by atoms with Crippen molar-refractivity contribution in [1.29, 1.82) is 0 Å². The molecule has 9 nitrogen and oxygen atoms in total.